The van der Waals surface area contributed by atoms with Gasteiger partial charge in [0.15, 0.2) is 0 Å². The standard InChI is InChI=1S/C23H24N4O5/c24-32-20(28)11-12-25-22(29)15-7-5-14(6-8-15)21-26-18-13-16(23(30)31)9-10-19(18)27(21)17-3-1-2-4-17/h5-10,13,17H,1-4,11-12,24H2,(H,25,29)(H,30,31). The Labute approximate surface area is 184 Å². The molecule has 0 spiro atoms. The summed E-state index contributed by atoms with van der Waals surface area (Å²) in [5, 5.41) is 12.0. The molecule has 1 aromatic heterocycles. The summed E-state index contributed by atoms with van der Waals surface area (Å²) in [6, 6.07) is 12.4. The number of rotatable bonds is 7. The number of benzene rings is 2. The van der Waals surface area contributed by atoms with Crippen molar-refractivity contribution in [2.24, 2.45) is 5.90 Å². The first kappa shape index (κ1) is 21.5. The van der Waals surface area contributed by atoms with Crippen molar-refractivity contribution in [3.63, 3.8) is 0 Å². The van der Waals surface area contributed by atoms with E-state index in [-0.39, 0.29) is 24.4 Å². The zero-order valence-electron chi connectivity index (χ0n) is 17.4. The summed E-state index contributed by atoms with van der Waals surface area (Å²) >= 11 is 0. The van der Waals surface area contributed by atoms with E-state index in [1.165, 1.54) is 0 Å². The van der Waals surface area contributed by atoms with Crippen molar-refractivity contribution in [1.82, 2.24) is 14.9 Å². The van der Waals surface area contributed by atoms with Crippen LogP contribution in [0, 0.1) is 0 Å². The highest BCUT2D eigenvalue weighted by atomic mass is 16.7. The van der Waals surface area contributed by atoms with Gasteiger partial charge in [0.1, 0.15) is 5.82 Å². The average Bonchev–Trinajstić information content (AvgIpc) is 3.45. The molecule has 0 unspecified atom stereocenters. The zero-order chi connectivity index (χ0) is 22.7. The molecule has 166 valence electrons. The van der Waals surface area contributed by atoms with Gasteiger partial charge in [-0.05, 0) is 43.2 Å². The highest BCUT2D eigenvalue weighted by Crippen LogP contribution is 2.37. The van der Waals surface area contributed by atoms with Crippen molar-refractivity contribution >= 4 is 28.9 Å². The van der Waals surface area contributed by atoms with Crippen LogP contribution in [0.4, 0.5) is 0 Å². The number of aromatic carboxylic acids is 1. The van der Waals surface area contributed by atoms with Crippen LogP contribution in [0.25, 0.3) is 22.4 Å². The first-order chi connectivity index (χ1) is 15.5. The Balaban J connectivity index is 1.63. The van der Waals surface area contributed by atoms with Crippen LogP contribution in [0.5, 0.6) is 0 Å². The van der Waals surface area contributed by atoms with Crippen LogP contribution in [-0.2, 0) is 9.63 Å². The number of hydrogen-bond donors (Lipinski definition) is 3. The molecule has 3 aromatic rings. The number of nitrogens with two attached hydrogens (primary N) is 1. The molecule has 1 aliphatic rings. The molecule has 0 bridgehead atoms. The second kappa shape index (κ2) is 9.19. The first-order valence-corrected chi connectivity index (χ1v) is 10.5. The monoisotopic (exact) mass is 436 g/mol. The Kier molecular flexibility index (Phi) is 6.18. The molecule has 1 saturated carbocycles. The predicted molar refractivity (Wildman–Crippen MR) is 117 cm³/mol. The summed E-state index contributed by atoms with van der Waals surface area (Å²) in [6.07, 6.45) is 4.38. The maximum atomic E-state index is 12.3. The maximum absolute atomic E-state index is 12.3. The minimum absolute atomic E-state index is 0.00985. The fraction of sp³-hybridized carbons (Fsp3) is 0.304. The van der Waals surface area contributed by atoms with E-state index in [0.717, 1.165) is 42.6 Å². The number of nitrogens with one attached hydrogen (secondary N) is 1. The van der Waals surface area contributed by atoms with Crippen molar-refractivity contribution in [3.8, 4) is 11.4 Å². The molecule has 1 aliphatic carbocycles. The normalized spacial score (nSPS) is 13.9. The van der Waals surface area contributed by atoms with Crippen molar-refractivity contribution in [1.29, 1.82) is 0 Å². The van der Waals surface area contributed by atoms with Crippen LogP contribution >= 0.6 is 0 Å². The van der Waals surface area contributed by atoms with E-state index in [2.05, 4.69) is 14.7 Å². The molecular formula is C23H24N4O5. The first-order valence-electron chi connectivity index (χ1n) is 10.5. The van der Waals surface area contributed by atoms with E-state index in [0.29, 0.717) is 17.1 Å². The van der Waals surface area contributed by atoms with Crippen molar-refractivity contribution in [2.45, 2.75) is 38.1 Å². The van der Waals surface area contributed by atoms with Crippen molar-refractivity contribution in [2.75, 3.05) is 6.54 Å². The van der Waals surface area contributed by atoms with Crippen LogP contribution < -0.4 is 11.2 Å². The van der Waals surface area contributed by atoms with Crippen molar-refractivity contribution < 1.29 is 24.3 Å². The number of carboxylic acids is 1. The Morgan fingerprint density at radius 1 is 1.09 bits per heavy atom. The summed E-state index contributed by atoms with van der Waals surface area (Å²) in [7, 11) is 0. The molecule has 0 saturated heterocycles. The number of carbonyl (C=O) groups is 3. The van der Waals surface area contributed by atoms with Gasteiger partial charge in [0, 0.05) is 23.7 Å². The molecule has 1 heterocycles. The molecular weight excluding hydrogens is 412 g/mol. The lowest BCUT2D eigenvalue weighted by Gasteiger charge is -2.16. The van der Waals surface area contributed by atoms with Gasteiger partial charge in [-0.3, -0.25) is 9.59 Å². The molecule has 1 amide bonds. The van der Waals surface area contributed by atoms with Crippen molar-refractivity contribution in [3.05, 3.63) is 53.6 Å². The largest absolute Gasteiger partial charge is 0.478 e. The highest BCUT2D eigenvalue weighted by molar-refractivity contribution is 5.95. The van der Waals surface area contributed by atoms with Crippen LogP contribution in [0.1, 0.15) is 58.9 Å². The second-order valence-corrected chi connectivity index (χ2v) is 7.83. The van der Waals surface area contributed by atoms with E-state index in [1.54, 1.807) is 24.3 Å². The number of amides is 1. The number of hydrogen-bond acceptors (Lipinski definition) is 6. The SMILES string of the molecule is NOC(=O)CCNC(=O)c1ccc(-c2nc3cc(C(=O)O)ccc3n2C2CCCC2)cc1. The smallest absolute Gasteiger partial charge is 0.335 e. The van der Waals surface area contributed by atoms with Gasteiger partial charge in [-0.15, -0.1) is 0 Å². The average molecular weight is 436 g/mol. The third-order valence-electron chi connectivity index (χ3n) is 5.78. The number of carboxylic acid groups (broad SMARTS) is 1. The summed E-state index contributed by atoms with van der Waals surface area (Å²) in [5.74, 6) is 3.64. The molecule has 9 nitrogen and oxygen atoms in total. The van der Waals surface area contributed by atoms with Crippen LogP contribution in [0.2, 0.25) is 0 Å². The summed E-state index contributed by atoms with van der Waals surface area (Å²) in [4.78, 5) is 43.6. The predicted octanol–water partition coefficient (Wildman–Crippen LogP) is 3.05. The Morgan fingerprint density at radius 3 is 2.44 bits per heavy atom. The molecule has 0 atom stereocenters. The topological polar surface area (TPSA) is 137 Å². The minimum Gasteiger partial charge on any atom is -0.478 e. The van der Waals surface area contributed by atoms with E-state index in [1.807, 2.05) is 18.2 Å². The summed E-state index contributed by atoms with van der Waals surface area (Å²) < 4.78 is 2.20. The molecule has 9 heteroatoms. The Bertz CT molecular complexity index is 1160. The van der Waals surface area contributed by atoms with E-state index in [9.17, 15) is 19.5 Å². The Hall–Kier alpha value is -3.72. The van der Waals surface area contributed by atoms with E-state index in [4.69, 9.17) is 10.9 Å². The zero-order valence-corrected chi connectivity index (χ0v) is 17.4. The summed E-state index contributed by atoms with van der Waals surface area (Å²) in [6.45, 7) is 0.125. The van der Waals surface area contributed by atoms with Gasteiger partial charge in [0.2, 0.25) is 0 Å². The van der Waals surface area contributed by atoms with Gasteiger partial charge in [0.25, 0.3) is 5.91 Å². The van der Waals surface area contributed by atoms with Gasteiger partial charge >= 0.3 is 11.9 Å². The van der Waals surface area contributed by atoms with Crippen LogP contribution in [-0.4, -0.2) is 39.0 Å². The number of imidazole rings is 1. The maximum Gasteiger partial charge on any atom is 0.335 e. The molecule has 4 rings (SSSR count). The van der Waals surface area contributed by atoms with Gasteiger partial charge in [-0.1, -0.05) is 25.0 Å². The number of carbonyl (C=O) groups excluding carboxylic acids is 2. The van der Waals surface area contributed by atoms with Gasteiger partial charge in [-0.2, -0.15) is 5.90 Å². The third-order valence-corrected chi connectivity index (χ3v) is 5.78. The molecule has 0 aliphatic heterocycles. The number of fused-ring (bicyclic) bond motifs is 1. The lowest BCUT2D eigenvalue weighted by molar-refractivity contribution is -0.144. The number of aromatic nitrogens is 2. The molecule has 4 N–H and O–H groups in total. The van der Waals surface area contributed by atoms with E-state index < -0.39 is 11.9 Å². The van der Waals surface area contributed by atoms with Gasteiger partial charge in [0.05, 0.1) is 23.0 Å². The third kappa shape index (κ3) is 4.33. The molecule has 1 fully saturated rings. The van der Waals surface area contributed by atoms with Crippen LogP contribution in [0.3, 0.4) is 0 Å². The quantitative estimate of drug-likeness (QED) is 0.484. The molecule has 2 aromatic carbocycles. The fourth-order valence-electron chi connectivity index (χ4n) is 4.18. The number of nitrogens with zero attached hydrogens (tertiary/aromatic N) is 2. The summed E-state index contributed by atoms with van der Waals surface area (Å²) in [5.41, 5.74) is 3.04. The highest BCUT2D eigenvalue weighted by Gasteiger charge is 2.24. The molecule has 32 heavy (non-hydrogen) atoms. The lowest BCUT2D eigenvalue weighted by atomic mass is 10.1. The van der Waals surface area contributed by atoms with Gasteiger partial charge in [-0.25, -0.2) is 9.78 Å². The Morgan fingerprint density at radius 2 is 1.78 bits per heavy atom. The minimum atomic E-state index is -0.987. The van der Waals surface area contributed by atoms with Crippen LogP contribution in [0.15, 0.2) is 42.5 Å². The molecule has 0 radical (unpaired) electrons. The van der Waals surface area contributed by atoms with Gasteiger partial charge < -0.3 is 19.8 Å². The van der Waals surface area contributed by atoms with E-state index >= 15 is 0 Å². The fourth-order valence-corrected chi connectivity index (χ4v) is 4.18. The second-order valence-electron chi connectivity index (χ2n) is 7.83. The lowest BCUT2D eigenvalue weighted by Crippen LogP contribution is -2.27.